The summed E-state index contributed by atoms with van der Waals surface area (Å²) in [6.45, 7) is -0.350. The molecule has 4 unspecified atom stereocenters. The van der Waals surface area contributed by atoms with Crippen molar-refractivity contribution < 1.29 is 15.1 Å². The van der Waals surface area contributed by atoms with Crippen LogP contribution in [0.1, 0.15) is 23.1 Å². The van der Waals surface area contributed by atoms with Crippen LogP contribution in [0.2, 0.25) is 5.02 Å². The summed E-state index contributed by atoms with van der Waals surface area (Å²) < 4.78 is 0. The Morgan fingerprint density at radius 3 is 2.48 bits per heavy atom. The molecule has 0 saturated carbocycles. The van der Waals surface area contributed by atoms with E-state index in [1.807, 2.05) is 0 Å². The second kappa shape index (κ2) is 7.37. The number of aliphatic hydroxyl groups is 1. The number of nitro groups is 1. The topological polar surface area (TPSA) is 108 Å². The van der Waals surface area contributed by atoms with Crippen LogP contribution in [-0.4, -0.2) is 27.9 Å². The van der Waals surface area contributed by atoms with Gasteiger partial charge in [0.25, 0.3) is 0 Å². The first kappa shape index (κ1) is 17.6. The van der Waals surface area contributed by atoms with Gasteiger partial charge in [0.15, 0.2) is 0 Å². The number of phenolic OH excluding ortho intramolecular Hbond substituents is 1. The third-order valence-corrected chi connectivity index (χ3v) is 4.77. The molecule has 1 aliphatic heterocycles. The van der Waals surface area contributed by atoms with Gasteiger partial charge in [0.1, 0.15) is 12.0 Å². The van der Waals surface area contributed by atoms with E-state index in [0.717, 1.165) is 0 Å². The van der Waals surface area contributed by atoms with Gasteiger partial charge in [0.05, 0.1) is 12.0 Å². The largest absolute Gasteiger partial charge is 0.508 e. The zero-order valence-electron chi connectivity index (χ0n) is 13.2. The average molecular weight is 364 g/mol. The molecule has 25 heavy (non-hydrogen) atoms. The van der Waals surface area contributed by atoms with Crippen LogP contribution in [0.3, 0.4) is 0 Å². The maximum atomic E-state index is 11.2. The quantitative estimate of drug-likeness (QED) is 0.479. The number of nitrogens with one attached hydrogen (secondary N) is 2. The molecule has 132 valence electrons. The Morgan fingerprint density at radius 2 is 1.84 bits per heavy atom. The Morgan fingerprint density at radius 1 is 1.16 bits per heavy atom. The molecule has 3 rings (SSSR count). The van der Waals surface area contributed by atoms with E-state index < -0.39 is 29.0 Å². The molecule has 1 aliphatic rings. The van der Waals surface area contributed by atoms with Crippen molar-refractivity contribution >= 4 is 11.6 Å². The van der Waals surface area contributed by atoms with Crippen LogP contribution in [-0.2, 0) is 0 Å². The highest BCUT2D eigenvalue weighted by Crippen LogP contribution is 2.41. The first-order chi connectivity index (χ1) is 12.0. The fourth-order valence-electron chi connectivity index (χ4n) is 3.36. The Bertz CT molecular complexity index is 756. The van der Waals surface area contributed by atoms with Crippen molar-refractivity contribution in [3.8, 4) is 5.75 Å². The molecule has 0 spiro atoms. The molecule has 0 bridgehead atoms. The van der Waals surface area contributed by atoms with Gasteiger partial charge < -0.3 is 10.2 Å². The number of para-hydroxylation sites is 1. The van der Waals surface area contributed by atoms with Gasteiger partial charge in [0, 0.05) is 21.4 Å². The molecule has 2 aromatic rings. The van der Waals surface area contributed by atoms with E-state index in [0.29, 0.717) is 16.1 Å². The van der Waals surface area contributed by atoms with Crippen LogP contribution in [0, 0.1) is 16.0 Å². The lowest BCUT2D eigenvalue weighted by Gasteiger charge is -2.27. The van der Waals surface area contributed by atoms with Crippen molar-refractivity contribution in [2.24, 2.45) is 5.92 Å². The van der Waals surface area contributed by atoms with E-state index >= 15 is 0 Å². The first-order valence-electron chi connectivity index (χ1n) is 7.81. The van der Waals surface area contributed by atoms with E-state index in [-0.39, 0.29) is 12.3 Å². The summed E-state index contributed by atoms with van der Waals surface area (Å²) in [6.07, 6.45) is -1.01. The van der Waals surface area contributed by atoms with E-state index in [2.05, 4.69) is 10.9 Å². The third-order valence-electron chi connectivity index (χ3n) is 4.52. The van der Waals surface area contributed by atoms with Gasteiger partial charge in [-0.15, -0.1) is 0 Å². The fraction of sp³-hybridized carbons (Fsp3) is 0.294. The molecule has 0 amide bonds. The highest BCUT2D eigenvalue weighted by molar-refractivity contribution is 6.30. The van der Waals surface area contributed by atoms with Crippen molar-refractivity contribution in [3.05, 3.63) is 74.8 Å². The van der Waals surface area contributed by atoms with Crippen molar-refractivity contribution in [1.29, 1.82) is 0 Å². The highest BCUT2D eigenvalue weighted by Gasteiger charge is 2.44. The monoisotopic (exact) mass is 363 g/mol. The predicted molar refractivity (Wildman–Crippen MR) is 92.7 cm³/mol. The van der Waals surface area contributed by atoms with Gasteiger partial charge in [0.2, 0.25) is 6.54 Å². The molecule has 1 fully saturated rings. The Balaban J connectivity index is 2.01. The summed E-state index contributed by atoms with van der Waals surface area (Å²) in [4.78, 5) is 10.8. The molecule has 4 N–H and O–H groups in total. The zero-order valence-corrected chi connectivity index (χ0v) is 13.9. The Labute approximate surface area is 149 Å². The maximum Gasteiger partial charge on any atom is 0.211 e. The van der Waals surface area contributed by atoms with Crippen LogP contribution >= 0.6 is 11.6 Å². The van der Waals surface area contributed by atoms with E-state index in [1.165, 1.54) is 0 Å². The number of benzene rings is 2. The minimum atomic E-state index is -1.01. The predicted octanol–water partition coefficient (Wildman–Crippen LogP) is 2.19. The lowest BCUT2D eigenvalue weighted by molar-refractivity contribution is -0.485. The minimum Gasteiger partial charge on any atom is -0.508 e. The van der Waals surface area contributed by atoms with Crippen LogP contribution < -0.4 is 10.9 Å². The summed E-state index contributed by atoms with van der Waals surface area (Å²) >= 11 is 5.91. The zero-order chi connectivity index (χ0) is 18.0. The number of hydrazine groups is 1. The smallest absolute Gasteiger partial charge is 0.211 e. The summed E-state index contributed by atoms with van der Waals surface area (Å²) in [5.74, 6) is -1.06. The number of hydrogen-bond donors (Lipinski definition) is 4. The maximum absolute atomic E-state index is 11.2. The molecule has 2 aromatic carbocycles. The van der Waals surface area contributed by atoms with E-state index in [1.54, 1.807) is 48.5 Å². The lowest BCUT2D eigenvalue weighted by Crippen LogP contribution is -2.34. The van der Waals surface area contributed by atoms with Crippen LogP contribution in [0.4, 0.5) is 0 Å². The number of rotatable bonds is 5. The van der Waals surface area contributed by atoms with Crippen molar-refractivity contribution in [1.82, 2.24) is 10.9 Å². The molecule has 0 radical (unpaired) electrons. The number of nitrogens with zero attached hydrogens (tertiary/aromatic N) is 1. The SMILES string of the molecule is O=[N+]([O-])CC(c1ccc(Cl)cc1)C1C(O)NNC1c1ccccc1O. The highest BCUT2D eigenvalue weighted by atomic mass is 35.5. The van der Waals surface area contributed by atoms with Crippen molar-refractivity contribution in [3.63, 3.8) is 0 Å². The standard InChI is InChI=1S/C17H18ClN3O4/c18-11-7-5-10(6-8-11)13(9-21(24)25)15-16(19-20-17(15)23)12-3-1-2-4-14(12)22/h1-8,13,15-17,19-20,22-23H,9H2. The number of halogens is 1. The summed E-state index contributed by atoms with van der Waals surface area (Å²) in [5, 5.41) is 32.3. The Kier molecular flexibility index (Phi) is 5.19. The molecule has 0 aromatic heterocycles. The first-order valence-corrected chi connectivity index (χ1v) is 8.19. The molecular formula is C17H18ClN3O4. The van der Waals surface area contributed by atoms with Crippen molar-refractivity contribution in [2.45, 2.75) is 18.2 Å². The number of aromatic hydroxyl groups is 1. The van der Waals surface area contributed by atoms with Crippen LogP contribution in [0.25, 0.3) is 0 Å². The molecule has 8 heteroatoms. The van der Waals surface area contributed by atoms with Crippen LogP contribution in [0.5, 0.6) is 5.75 Å². The van der Waals surface area contributed by atoms with Crippen molar-refractivity contribution in [2.75, 3.05) is 6.54 Å². The second-order valence-corrected chi connectivity index (χ2v) is 6.46. The second-order valence-electron chi connectivity index (χ2n) is 6.02. The van der Waals surface area contributed by atoms with Gasteiger partial charge >= 0.3 is 0 Å². The van der Waals surface area contributed by atoms with Gasteiger partial charge in [-0.1, -0.05) is 41.9 Å². The normalized spacial score (nSPS) is 24.2. The Hall–Kier alpha value is -2.19. The summed E-state index contributed by atoms with van der Waals surface area (Å²) in [6, 6.07) is 13.0. The molecule has 7 nitrogen and oxygen atoms in total. The van der Waals surface area contributed by atoms with Crippen LogP contribution in [0.15, 0.2) is 48.5 Å². The number of phenols is 1. The third kappa shape index (κ3) is 3.74. The number of hydrogen-bond acceptors (Lipinski definition) is 6. The molecule has 1 heterocycles. The summed E-state index contributed by atoms with van der Waals surface area (Å²) in [7, 11) is 0. The lowest BCUT2D eigenvalue weighted by atomic mass is 9.78. The molecule has 4 atom stereocenters. The van der Waals surface area contributed by atoms with Gasteiger partial charge in [-0.05, 0) is 23.8 Å². The van der Waals surface area contributed by atoms with Gasteiger partial charge in [-0.25, -0.2) is 10.9 Å². The fourth-order valence-corrected chi connectivity index (χ4v) is 3.48. The summed E-state index contributed by atoms with van der Waals surface area (Å²) in [5.41, 5.74) is 6.94. The molecule has 0 aliphatic carbocycles. The van der Waals surface area contributed by atoms with Gasteiger partial charge in [-0.2, -0.15) is 0 Å². The van der Waals surface area contributed by atoms with E-state index in [9.17, 15) is 20.3 Å². The van der Waals surface area contributed by atoms with E-state index in [4.69, 9.17) is 11.6 Å². The minimum absolute atomic E-state index is 0.0665. The molecular weight excluding hydrogens is 346 g/mol. The van der Waals surface area contributed by atoms with Gasteiger partial charge in [-0.3, -0.25) is 10.1 Å². The average Bonchev–Trinajstić information content (AvgIpc) is 2.95. The molecule has 1 saturated heterocycles. The number of aliphatic hydroxyl groups excluding tert-OH is 1.